The van der Waals surface area contributed by atoms with E-state index in [0.717, 1.165) is 53.4 Å². The Morgan fingerprint density at radius 3 is 2.92 bits per heavy atom. The number of para-hydroxylation sites is 1. The Balaban J connectivity index is 1.60. The number of methoxy groups -OCH3 is 1. The van der Waals surface area contributed by atoms with Crippen LogP contribution in [0.25, 0.3) is 22.4 Å². The maximum absolute atomic E-state index is 5.44. The van der Waals surface area contributed by atoms with E-state index in [2.05, 4.69) is 25.6 Å². The minimum absolute atomic E-state index is 0.773. The average molecular weight is 333 g/mol. The quantitative estimate of drug-likeness (QED) is 0.587. The summed E-state index contributed by atoms with van der Waals surface area (Å²) >= 11 is 0. The van der Waals surface area contributed by atoms with E-state index in [9.17, 15) is 0 Å². The van der Waals surface area contributed by atoms with Crippen LogP contribution in [0, 0.1) is 0 Å². The lowest BCUT2D eigenvalue weighted by atomic mass is 10.2. The van der Waals surface area contributed by atoms with E-state index in [-0.39, 0.29) is 0 Å². The maximum atomic E-state index is 5.44. The number of H-pyrrole nitrogens is 1. The molecule has 0 atom stereocenters. The molecule has 0 spiro atoms. The van der Waals surface area contributed by atoms with Gasteiger partial charge in [0.2, 0.25) is 0 Å². The highest BCUT2D eigenvalue weighted by Gasteiger charge is 2.10. The molecule has 0 radical (unpaired) electrons. The fraction of sp³-hybridized carbons (Fsp3) is 0.211. The Morgan fingerprint density at radius 2 is 2.08 bits per heavy atom. The van der Waals surface area contributed by atoms with Gasteiger partial charge < -0.3 is 14.3 Å². The number of aromatic amines is 1. The number of hydrogen-bond acceptors (Lipinski definition) is 4. The summed E-state index contributed by atoms with van der Waals surface area (Å²) in [5.74, 6) is 2.65. The van der Waals surface area contributed by atoms with E-state index in [1.165, 1.54) is 0 Å². The SMILES string of the molecule is COc1cccc2ccc(-c3nccn3CCCc3ncc[nH]3)nc12. The van der Waals surface area contributed by atoms with Crippen molar-refractivity contribution in [3.63, 3.8) is 0 Å². The molecule has 6 heteroatoms. The molecule has 0 aliphatic rings. The van der Waals surface area contributed by atoms with Gasteiger partial charge in [0.05, 0.1) is 7.11 Å². The van der Waals surface area contributed by atoms with Gasteiger partial charge in [0.1, 0.15) is 22.8 Å². The summed E-state index contributed by atoms with van der Waals surface area (Å²) in [7, 11) is 1.67. The summed E-state index contributed by atoms with van der Waals surface area (Å²) in [6.45, 7) is 0.863. The number of pyridine rings is 1. The molecule has 3 aromatic heterocycles. The van der Waals surface area contributed by atoms with E-state index in [1.54, 1.807) is 13.3 Å². The molecule has 0 fully saturated rings. The first-order valence-electron chi connectivity index (χ1n) is 8.28. The maximum Gasteiger partial charge on any atom is 0.158 e. The first-order chi connectivity index (χ1) is 12.3. The number of aryl methyl sites for hydroxylation is 2. The molecule has 0 aliphatic carbocycles. The lowest BCUT2D eigenvalue weighted by Gasteiger charge is -2.09. The topological polar surface area (TPSA) is 68.6 Å². The van der Waals surface area contributed by atoms with Crippen molar-refractivity contribution >= 4 is 10.9 Å². The molecule has 0 aliphatic heterocycles. The standard InChI is InChI=1S/C19H19N5O/c1-25-16-5-2-4-14-7-8-15(23-18(14)16)19-22-11-13-24(19)12-3-6-17-20-9-10-21-17/h2,4-5,7-11,13H,3,6,12H2,1H3,(H,20,21). The van der Waals surface area contributed by atoms with Gasteiger partial charge in [-0.05, 0) is 18.6 Å². The average Bonchev–Trinajstić information content (AvgIpc) is 3.33. The number of benzene rings is 1. The number of rotatable bonds is 6. The molecule has 0 unspecified atom stereocenters. The van der Waals surface area contributed by atoms with E-state index >= 15 is 0 Å². The Labute approximate surface area is 145 Å². The molecule has 4 aromatic rings. The number of hydrogen-bond donors (Lipinski definition) is 1. The largest absolute Gasteiger partial charge is 0.494 e. The fourth-order valence-electron chi connectivity index (χ4n) is 2.98. The van der Waals surface area contributed by atoms with Crippen molar-refractivity contribution < 1.29 is 4.74 Å². The van der Waals surface area contributed by atoms with Crippen molar-refractivity contribution in [2.24, 2.45) is 0 Å². The van der Waals surface area contributed by atoms with Gasteiger partial charge in [-0.2, -0.15) is 0 Å². The minimum Gasteiger partial charge on any atom is -0.494 e. The molecule has 0 saturated carbocycles. The number of nitrogens with zero attached hydrogens (tertiary/aromatic N) is 4. The molecule has 4 rings (SSSR count). The van der Waals surface area contributed by atoms with Crippen molar-refractivity contribution in [3.8, 4) is 17.3 Å². The molecule has 126 valence electrons. The van der Waals surface area contributed by atoms with Crippen LogP contribution in [0.3, 0.4) is 0 Å². The highest BCUT2D eigenvalue weighted by atomic mass is 16.5. The van der Waals surface area contributed by atoms with Gasteiger partial charge in [-0.25, -0.2) is 15.0 Å². The number of nitrogens with one attached hydrogen (secondary N) is 1. The van der Waals surface area contributed by atoms with Crippen LogP contribution >= 0.6 is 0 Å². The lowest BCUT2D eigenvalue weighted by Crippen LogP contribution is -2.03. The Bertz CT molecular complexity index is 975. The van der Waals surface area contributed by atoms with Crippen LogP contribution in [0.2, 0.25) is 0 Å². The van der Waals surface area contributed by atoms with Gasteiger partial charge in [0.25, 0.3) is 0 Å². The highest BCUT2D eigenvalue weighted by Crippen LogP contribution is 2.26. The zero-order valence-electron chi connectivity index (χ0n) is 14.0. The fourth-order valence-corrected chi connectivity index (χ4v) is 2.98. The van der Waals surface area contributed by atoms with Crippen LogP contribution < -0.4 is 4.74 Å². The molecular weight excluding hydrogens is 314 g/mol. The van der Waals surface area contributed by atoms with Crippen LogP contribution in [-0.2, 0) is 13.0 Å². The first kappa shape index (κ1) is 15.4. The van der Waals surface area contributed by atoms with E-state index < -0.39 is 0 Å². The third-order valence-electron chi connectivity index (χ3n) is 4.22. The summed E-state index contributed by atoms with van der Waals surface area (Å²) in [6, 6.07) is 9.99. The Morgan fingerprint density at radius 1 is 1.12 bits per heavy atom. The van der Waals surface area contributed by atoms with Crippen LogP contribution in [0.15, 0.2) is 55.1 Å². The second-order valence-corrected chi connectivity index (χ2v) is 5.81. The molecule has 1 aromatic carbocycles. The van der Waals surface area contributed by atoms with E-state index in [0.29, 0.717) is 0 Å². The predicted molar refractivity (Wildman–Crippen MR) is 96.4 cm³/mol. The highest BCUT2D eigenvalue weighted by molar-refractivity contribution is 5.86. The summed E-state index contributed by atoms with van der Waals surface area (Å²) < 4.78 is 7.57. The van der Waals surface area contributed by atoms with Gasteiger partial charge in [0, 0.05) is 43.1 Å². The molecule has 3 heterocycles. The van der Waals surface area contributed by atoms with Crippen LogP contribution in [0.1, 0.15) is 12.2 Å². The Hall–Kier alpha value is -3.15. The molecule has 6 nitrogen and oxygen atoms in total. The second-order valence-electron chi connectivity index (χ2n) is 5.81. The number of imidazole rings is 2. The molecule has 1 N–H and O–H groups in total. The Kier molecular flexibility index (Phi) is 4.16. The van der Waals surface area contributed by atoms with Crippen LogP contribution in [0.4, 0.5) is 0 Å². The van der Waals surface area contributed by atoms with Gasteiger partial charge in [-0.15, -0.1) is 0 Å². The van der Waals surface area contributed by atoms with Crippen molar-refractivity contribution in [2.75, 3.05) is 7.11 Å². The third kappa shape index (κ3) is 3.10. The summed E-state index contributed by atoms with van der Waals surface area (Å²) in [5, 5.41) is 1.05. The number of aromatic nitrogens is 5. The minimum atomic E-state index is 0.773. The van der Waals surface area contributed by atoms with Gasteiger partial charge in [0.15, 0.2) is 5.82 Å². The van der Waals surface area contributed by atoms with Crippen LogP contribution in [0.5, 0.6) is 5.75 Å². The second kappa shape index (κ2) is 6.76. The molecule has 0 amide bonds. The zero-order valence-corrected chi connectivity index (χ0v) is 14.0. The molecule has 0 saturated heterocycles. The molecule has 25 heavy (non-hydrogen) atoms. The smallest absolute Gasteiger partial charge is 0.158 e. The van der Waals surface area contributed by atoms with E-state index in [1.807, 2.05) is 42.9 Å². The first-order valence-corrected chi connectivity index (χ1v) is 8.28. The third-order valence-corrected chi connectivity index (χ3v) is 4.22. The summed E-state index contributed by atoms with van der Waals surface area (Å²) in [4.78, 5) is 16.7. The summed E-state index contributed by atoms with van der Waals surface area (Å²) in [5.41, 5.74) is 1.70. The lowest BCUT2D eigenvalue weighted by molar-refractivity contribution is 0.419. The monoisotopic (exact) mass is 333 g/mol. The van der Waals surface area contributed by atoms with Crippen LogP contribution in [-0.4, -0.2) is 31.6 Å². The van der Waals surface area contributed by atoms with Gasteiger partial charge in [-0.3, -0.25) is 0 Å². The van der Waals surface area contributed by atoms with Gasteiger partial charge >= 0.3 is 0 Å². The molecular formula is C19H19N5O. The zero-order chi connectivity index (χ0) is 17.1. The van der Waals surface area contributed by atoms with Crippen molar-refractivity contribution in [3.05, 3.63) is 60.9 Å². The van der Waals surface area contributed by atoms with Crippen molar-refractivity contribution in [2.45, 2.75) is 19.4 Å². The predicted octanol–water partition coefficient (Wildman–Crippen LogP) is 3.46. The van der Waals surface area contributed by atoms with E-state index in [4.69, 9.17) is 9.72 Å². The molecule has 0 bridgehead atoms. The summed E-state index contributed by atoms with van der Waals surface area (Å²) in [6.07, 6.45) is 9.33. The van der Waals surface area contributed by atoms with Crippen molar-refractivity contribution in [1.29, 1.82) is 0 Å². The normalized spacial score (nSPS) is 11.1. The number of ether oxygens (including phenoxy) is 1. The van der Waals surface area contributed by atoms with Gasteiger partial charge in [-0.1, -0.05) is 18.2 Å². The van der Waals surface area contributed by atoms with Crippen molar-refractivity contribution in [1.82, 2.24) is 24.5 Å². The number of fused-ring (bicyclic) bond motifs is 1.